The highest BCUT2D eigenvalue weighted by atomic mass is 32.1. The summed E-state index contributed by atoms with van der Waals surface area (Å²) in [6, 6.07) is 8.17. The van der Waals surface area contributed by atoms with Crippen LogP contribution in [0.2, 0.25) is 0 Å². The number of nitrogens with one attached hydrogen (secondary N) is 2. The summed E-state index contributed by atoms with van der Waals surface area (Å²) < 4.78 is 2.04. The first-order valence-electron chi connectivity index (χ1n) is 7.66. The Morgan fingerprint density at radius 1 is 1.30 bits per heavy atom. The third-order valence-electron chi connectivity index (χ3n) is 3.70. The first kappa shape index (κ1) is 15.6. The van der Waals surface area contributed by atoms with Crippen LogP contribution in [-0.2, 0) is 13.0 Å². The molecule has 0 unspecified atom stereocenters. The number of fused-ring (bicyclic) bond motifs is 1. The minimum absolute atomic E-state index is 0.799. The van der Waals surface area contributed by atoms with Crippen LogP contribution in [0.15, 0.2) is 47.0 Å². The normalized spacial score (nSPS) is 11.8. The highest BCUT2D eigenvalue weighted by Crippen LogP contribution is 2.14. The van der Waals surface area contributed by atoms with Crippen molar-refractivity contribution in [2.24, 2.45) is 4.99 Å². The number of hydrogen-bond acceptors (Lipinski definition) is 3. The number of nitrogens with zero attached hydrogens (tertiary/aromatic N) is 3. The Balaban J connectivity index is 1.49. The van der Waals surface area contributed by atoms with Crippen molar-refractivity contribution in [3.05, 3.63) is 58.2 Å². The van der Waals surface area contributed by atoms with Gasteiger partial charge in [-0.1, -0.05) is 6.07 Å². The molecule has 3 heterocycles. The van der Waals surface area contributed by atoms with Crippen molar-refractivity contribution in [2.45, 2.75) is 19.9 Å². The van der Waals surface area contributed by atoms with Gasteiger partial charge in [0.25, 0.3) is 0 Å². The van der Waals surface area contributed by atoms with Gasteiger partial charge in [0.05, 0.1) is 12.2 Å². The van der Waals surface area contributed by atoms with Crippen molar-refractivity contribution >= 4 is 22.9 Å². The van der Waals surface area contributed by atoms with Crippen LogP contribution in [0.4, 0.5) is 0 Å². The summed E-state index contributed by atoms with van der Waals surface area (Å²) in [5.74, 6) is 0.821. The van der Waals surface area contributed by atoms with E-state index in [1.165, 1.54) is 10.4 Å². The Hall–Kier alpha value is -2.34. The fourth-order valence-corrected chi connectivity index (χ4v) is 3.23. The summed E-state index contributed by atoms with van der Waals surface area (Å²) in [7, 11) is 1.79. The van der Waals surface area contributed by atoms with Crippen molar-refractivity contribution in [1.82, 2.24) is 20.0 Å². The molecule has 0 aliphatic heterocycles. The number of hydrogen-bond donors (Lipinski definition) is 2. The molecule has 0 aliphatic rings. The first-order chi connectivity index (χ1) is 11.3. The summed E-state index contributed by atoms with van der Waals surface area (Å²) in [4.78, 5) is 10.2. The molecule has 0 saturated heterocycles. The molecule has 0 saturated carbocycles. The average Bonchev–Trinajstić information content (AvgIpc) is 3.16. The second kappa shape index (κ2) is 7.28. The zero-order valence-corrected chi connectivity index (χ0v) is 14.2. The number of imidazole rings is 1. The number of aliphatic imine (C=N–C) groups is 1. The molecule has 2 N–H and O–H groups in total. The van der Waals surface area contributed by atoms with Crippen molar-refractivity contribution in [3.8, 4) is 0 Å². The van der Waals surface area contributed by atoms with Gasteiger partial charge in [0.2, 0.25) is 0 Å². The molecule has 5 nitrogen and oxygen atoms in total. The van der Waals surface area contributed by atoms with Gasteiger partial charge in [-0.15, -0.1) is 11.3 Å². The van der Waals surface area contributed by atoms with E-state index in [0.717, 1.165) is 36.8 Å². The lowest BCUT2D eigenvalue weighted by Crippen LogP contribution is -2.37. The van der Waals surface area contributed by atoms with Gasteiger partial charge >= 0.3 is 0 Å². The molecule has 0 aromatic carbocycles. The van der Waals surface area contributed by atoms with E-state index in [2.05, 4.69) is 45.2 Å². The zero-order chi connectivity index (χ0) is 16.1. The van der Waals surface area contributed by atoms with Crippen molar-refractivity contribution < 1.29 is 0 Å². The summed E-state index contributed by atoms with van der Waals surface area (Å²) in [5.41, 5.74) is 3.38. The molecule has 23 heavy (non-hydrogen) atoms. The molecule has 0 fully saturated rings. The van der Waals surface area contributed by atoms with Gasteiger partial charge in [0, 0.05) is 37.3 Å². The molecule has 0 atom stereocenters. The number of guanidine groups is 1. The van der Waals surface area contributed by atoms with Gasteiger partial charge in [0.1, 0.15) is 5.65 Å². The monoisotopic (exact) mass is 327 g/mol. The minimum Gasteiger partial charge on any atom is -0.356 e. The fraction of sp³-hybridized carbons (Fsp3) is 0.294. The van der Waals surface area contributed by atoms with Crippen LogP contribution in [0.3, 0.4) is 0 Å². The van der Waals surface area contributed by atoms with Gasteiger partial charge in [0.15, 0.2) is 5.96 Å². The van der Waals surface area contributed by atoms with Crippen LogP contribution in [0, 0.1) is 6.92 Å². The van der Waals surface area contributed by atoms with E-state index in [0.29, 0.717) is 0 Å². The summed E-state index contributed by atoms with van der Waals surface area (Å²) in [5, 5.41) is 8.80. The molecule has 0 amide bonds. The van der Waals surface area contributed by atoms with Crippen molar-refractivity contribution in [1.29, 1.82) is 0 Å². The quantitative estimate of drug-likeness (QED) is 0.559. The van der Waals surface area contributed by atoms with Crippen LogP contribution in [-0.4, -0.2) is 28.9 Å². The maximum atomic E-state index is 4.60. The third-order valence-corrected chi connectivity index (χ3v) is 4.72. The highest BCUT2D eigenvalue weighted by molar-refractivity contribution is 7.10. The number of rotatable bonds is 5. The number of pyridine rings is 1. The van der Waals surface area contributed by atoms with Crippen molar-refractivity contribution in [3.63, 3.8) is 0 Å². The predicted molar refractivity (Wildman–Crippen MR) is 96.2 cm³/mol. The van der Waals surface area contributed by atoms with E-state index >= 15 is 0 Å². The van der Waals surface area contributed by atoms with Gasteiger partial charge < -0.3 is 15.0 Å². The van der Waals surface area contributed by atoms with Gasteiger partial charge in [-0.05, 0) is 36.1 Å². The molecular formula is C17H21N5S. The van der Waals surface area contributed by atoms with Gasteiger partial charge in [-0.2, -0.15) is 0 Å². The van der Waals surface area contributed by atoms with E-state index in [9.17, 15) is 0 Å². The number of aryl methyl sites for hydroxylation is 1. The summed E-state index contributed by atoms with van der Waals surface area (Å²) in [6.45, 7) is 3.73. The Kier molecular flexibility index (Phi) is 4.92. The average molecular weight is 327 g/mol. The molecule has 120 valence electrons. The standard InChI is InChI=1S/C17H21N5S/c1-13-7-10-23-15(13)11-20-17(18-2)19-8-6-14-12-22-9-4-3-5-16(22)21-14/h3-5,7,9-10,12H,6,8,11H2,1-2H3,(H2,18,19,20). The molecule has 0 spiro atoms. The van der Waals surface area contributed by atoms with Crippen molar-refractivity contribution in [2.75, 3.05) is 13.6 Å². The van der Waals surface area contributed by atoms with Gasteiger partial charge in [-0.3, -0.25) is 4.99 Å². The minimum atomic E-state index is 0.799. The van der Waals surface area contributed by atoms with Crippen LogP contribution in [0.25, 0.3) is 5.65 Å². The topological polar surface area (TPSA) is 53.7 Å². The Labute approximate surface area is 140 Å². The Bertz CT molecular complexity index is 769. The Morgan fingerprint density at radius 3 is 2.96 bits per heavy atom. The smallest absolute Gasteiger partial charge is 0.191 e. The zero-order valence-electron chi connectivity index (χ0n) is 13.4. The van der Waals surface area contributed by atoms with Crippen LogP contribution in [0.5, 0.6) is 0 Å². The fourth-order valence-electron chi connectivity index (χ4n) is 2.39. The van der Waals surface area contributed by atoms with E-state index in [-0.39, 0.29) is 0 Å². The lowest BCUT2D eigenvalue weighted by Gasteiger charge is -2.11. The van der Waals surface area contributed by atoms with Crippen LogP contribution in [0.1, 0.15) is 16.1 Å². The second-order valence-corrected chi connectivity index (χ2v) is 6.33. The summed E-state index contributed by atoms with van der Waals surface area (Å²) >= 11 is 1.77. The lowest BCUT2D eigenvalue weighted by molar-refractivity contribution is 0.790. The predicted octanol–water partition coefficient (Wildman–Crippen LogP) is 2.61. The van der Waals surface area contributed by atoms with E-state index in [4.69, 9.17) is 0 Å². The maximum absolute atomic E-state index is 4.60. The van der Waals surface area contributed by atoms with Gasteiger partial charge in [-0.25, -0.2) is 4.98 Å². The number of aromatic nitrogens is 2. The number of thiophene rings is 1. The molecule has 0 bridgehead atoms. The third kappa shape index (κ3) is 3.90. The maximum Gasteiger partial charge on any atom is 0.191 e. The second-order valence-electron chi connectivity index (χ2n) is 5.33. The molecular weight excluding hydrogens is 306 g/mol. The van der Waals surface area contributed by atoms with Crippen LogP contribution < -0.4 is 10.6 Å². The van der Waals surface area contributed by atoms with E-state index in [1.807, 2.05) is 28.8 Å². The largest absolute Gasteiger partial charge is 0.356 e. The lowest BCUT2D eigenvalue weighted by atomic mass is 10.3. The molecule has 0 aliphatic carbocycles. The van der Waals surface area contributed by atoms with Crippen LogP contribution >= 0.6 is 11.3 Å². The molecule has 3 aromatic rings. The Morgan fingerprint density at radius 2 is 2.22 bits per heavy atom. The highest BCUT2D eigenvalue weighted by Gasteiger charge is 2.04. The first-order valence-corrected chi connectivity index (χ1v) is 8.54. The van der Waals surface area contributed by atoms with E-state index < -0.39 is 0 Å². The molecule has 3 aromatic heterocycles. The molecule has 6 heteroatoms. The molecule has 0 radical (unpaired) electrons. The molecule has 3 rings (SSSR count). The summed E-state index contributed by atoms with van der Waals surface area (Å²) in [6.07, 6.45) is 4.95. The van der Waals surface area contributed by atoms with E-state index in [1.54, 1.807) is 18.4 Å². The SMILES string of the molecule is CN=C(NCCc1cn2ccccc2n1)NCc1sccc1C.